The first-order valence-corrected chi connectivity index (χ1v) is 8.59. The molecule has 0 saturated carbocycles. The van der Waals surface area contributed by atoms with Crippen molar-refractivity contribution in [3.8, 4) is 0 Å². The first-order valence-electron chi connectivity index (χ1n) is 6.98. The number of hydrogen-bond donors (Lipinski definition) is 0. The van der Waals surface area contributed by atoms with Crippen LogP contribution in [-0.4, -0.2) is 41.8 Å². The van der Waals surface area contributed by atoms with Crippen LogP contribution in [0, 0.1) is 0 Å². The molecule has 1 aliphatic heterocycles. The first kappa shape index (κ1) is 15.4. The van der Waals surface area contributed by atoms with E-state index in [4.69, 9.17) is 9.26 Å². The van der Waals surface area contributed by atoms with E-state index in [1.807, 2.05) is 13.8 Å². The lowest BCUT2D eigenvalue weighted by Crippen LogP contribution is -2.33. The van der Waals surface area contributed by atoms with Crippen LogP contribution in [0.1, 0.15) is 50.9 Å². The highest BCUT2D eigenvalue weighted by Crippen LogP contribution is 2.32. The summed E-state index contributed by atoms with van der Waals surface area (Å²) in [6.45, 7) is 5.10. The van der Waals surface area contributed by atoms with Gasteiger partial charge in [-0.1, -0.05) is 12.1 Å². The van der Waals surface area contributed by atoms with Gasteiger partial charge in [0.05, 0.1) is 11.8 Å². The van der Waals surface area contributed by atoms with Crippen LogP contribution in [0.5, 0.6) is 0 Å². The summed E-state index contributed by atoms with van der Waals surface area (Å²) in [5.74, 6) is 0.992. The zero-order valence-electron chi connectivity index (χ0n) is 11.9. The molecule has 1 aromatic heterocycles. The largest absolute Gasteiger partial charge is 0.372 e. The monoisotopic (exact) mass is 303 g/mol. The van der Waals surface area contributed by atoms with Crippen LogP contribution in [0.3, 0.4) is 0 Å². The van der Waals surface area contributed by atoms with Gasteiger partial charge in [0.1, 0.15) is 6.61 Å². The third kappa shape index (κ3) is 3.36. The Morgan fingerprint density at radius 2 is 2.25 bits per heavy atom. The summed E-state index contributed by atoms with van der Waals surface area (Å²) >= 11 is 0. The molecule has 0 amide bonds. The quantitative estimate of drug-likeness (QED) is 0.758. The first-order chi connectivity index (χ1) is 9.58. The van der Waals surface area contributed by atoms with E-state index in [2.05, 4.69) is 10.1 Å². The maximum Gasteiger partial charge on any atom is 0.252 e. The zero-order chi connectivity index (χ0) is 14.6. The third-order valence-corrected chi connectivity index (χ3v) is 5.31. The lowest BCUT2D eigenvalue weighted by atomic mass is 10.2. The second kappa shape index (κ2) is 6.64. The normalized spacial score (nSPS) is 20.6. The van der Waals surface area contributed by atoms with Gasteiger partial charge in [0.15, 0.2) is 5.82 Å². The molecule has 7 nitrogen and oxygen atoms in total. The van der Waals surface area contributed by atoms with Crippen LogP contribution in [0.15, 0.2) is 4.52 Å². The van der Waals surface area contributed by atoms with Crippen molar-refractivity contribution in [3.05, 3.63) is 11.7 Å². The summed E-state index contributed by atoms with van der Waals surface area (Å²) < 4.78 is 36.2. The Kier molecular flexibility index (Phi) is 5.11. The second-order valence-corrected chi connectivity index (χ2v) is 6.81. The van der Waals surface area contributed by atoms with E-state index in [-0.39, 0.29) is 18.4 Å². The van der Waals surface area contributed by atoms with Gasteiger partial charge in [0.25, 0.3) is 5.89 Å². The minimum Gasteiger partial charge on any atom is -0.372 e. The lowest BCUT2D eigenvalue weighted by Gasteiger charge is -2.21. The van der Waals surface area contributed by atoms with Gasteiger partial charge in [-0.05, 0) is 26.2 Å². The Bertz CT molecular complexity index is 529. The fraction of sp³-hybridized carbons (Fsp3) is 0.833. The molecule has 1 saturated heterocycles. The van der Waals surface area contributed by atoms with E-state index in [0.29, 0.717) is 31.3 Å². The standard InChI is InChI=1S/C12H21N3O4S/c1-3-8-20(16,17)15-7-5-6-10(15)12-13-11(19-14-12)9-18-4-2/h10H,3-9H2,1-2H3/t10-/m0/s1. The summed E-state index contributed by atoms with van der Waals surface area (Å²) in [5, 5.41) is 3.90. The number of ether oxygens (including phenoxy) is 1. The molecule has 0 aromatic carbocycles. The van der Waals surface area contributed by atoms with E-state index in [0.717, 1.165) is 12.8 Å². The van der Waals surface area contributed by atoms with Crippen LogP contribution in [0.4, 0.5) is 0 Å². The fourth-order valence-corrected chi connectivity index (χ4v) is 4.10. The van der Waals surface area contributed by atoms with Crippen LogP contribution in [0.2, 0.25) is 0 Å². The molecule has 1 aromatic rings. The Hall–Kier alpha value is -0.990. The predicted octanol–water partition coefficient (Wildman–Crippen LogP) is 1.48. The number of aromatic nitrogens is 2. The van der Waals surface area contributed by atoms with Crippen molar-refractivity contribution in [2.24, 2.45) is 0 Å². The van der Waals surface area contributed by atoms with Crippen LogP contribution < -0.4 is 0 Å². The third-order valence-electron chi connectivity index (χ3n) is 3.23. The molecule has 0 radical (unpaired) electrons. The van der Waals surface area contributed by atoms with Crippen LogP contribution in [0.25, 0.3) is 0 Å². The molecule has 2 heterocycles. The molecule has 1 fully saturated rings. The highest BCUT2D eigenvalue weighted by atomic mass is 32.2. The van der Waals surface area contributed by atoms with E-state index in [1.165, 1.54) is 4.31 Å². The molecular formula is C12H21N3O4S. The van der Waals surface area contributed by atoms with Crippen LogP contribution in [-0.2, 0) is 21.4 Å². The highest BCUT2D eigenvalue weighted by Gasteiger charge is 2.37. The lowest BCUT2D eigenvalue weighted by molar-refractivity contribution is 0.109. The number of hydrogen-bond acceptors (Lipinski definition) is 6. The molecule has 0 N–H and O–H groups in total. The van der Waals surface area contributed by atoms with Gasteiger partial charge in [-0.25, -0.2) is 8.42 Å². The van der Waals surface area contributed by atoms with Crippen molar-refractivity contribution < 1.29 is 17.7 Å². The highest BCUT2D eigenvalue weighted by molar-refractivity contribution is 7.89. The maximum absolute atomic E-state index is 12.2. The average molecular weight is 303 g/mol. The van der Waals surface area contributed by atoms with Gasteiger partial charge in [0.2, 0.25) is 10.0 Å². The van der Waals surface area contributed by atoms with Crippen molar-refractivity contribution >= 4 is 10.0 Å². The molecule has 0 unspecified atom stereocenters. The summed E-state index contributed by atoms with van der Waals surface area (Å²) in [5.41, 5.74) is 0. The van der Waals surface area contributed by atoms with Crippen molar-refractivity contribution in [1.29, 1.82) is 0 Å². The SMILES string of the molecule is CCCS(=O)(=O)N1CCC[C@H]1c1noc(COCC)n1. The van der Waals surface area contributed by atoms with Gasteiger partial charge >= 0.3 is 0 Å². The minimum absolute atomic E-state index is 0.160. The van der Waals surface area contributed by atoms with E-state index < -0.39 is 10.0 Å². The number of rotatable bonds is 7. The van der Waals surface area contributed by atoms with Crippen molar-refractivity contribution in [2.45, 2.75) is 45.8 Å². The van der Waals surface area contributed by atoms with Crippen molar-refractivity contribution in [2.75, 3.05) is 18.9 Å². The maximum atomic E-state index is 12.2. The average Bonchev–Trinajstić information content (AvgIpc) is 3.05. The molecule has 0 spiro atoms. The van der Waals surface area contributed by atoms with E-state index in [9.17, 15) is 8.42 Å². The summed E-state index contributed by atoms with van der Waals surface area (Å²) in [6.07, 6.45) is 2.16. The Labute approximate surface area is 119 Å². The van der Waals surface area contributed by atoms with Gasteiger partial charge in [0, 0.05) is 13.2 Å². The summed E-state index contributed by atoms with van der Waals surface area (Å²) in [4.78, 5) is 4.24. The summed E-state index contributed by atoms with van der Waals surface area (Å²) in [6, 6.07) is -0.300. The molecule has 0 bridgehead atoms. The molecule has 20 heavy (non-hydrogen) atoms. The van der Waals surface area contributed by atoms with Gasteiger partial charge < -0.3 is 9.26 Å². The zero-order valence-corrected chi connectivity index (χ0v) is 12.7. The molecular weight excluding hydrogens is 282 g/mol. The van der Waals surface area contributed by atoms with E-state index >= 15 is 0 Å². The predicted molar refractivity (Wildman–Crippen MR) is 72.4 cm³/mol. The smallest absolute Gasteiger partial charge is 0.252 e. The minimum atomic E-state index is -3.23. The molecule has 8 heteroatoms. The Balaban J connectivity index is 2.12. The van der Waals surface area contributed by atoms with Crippen LogP contribution >= 0.6 is 0 Å². The fourth-order valence-electron chi connectivity index (χ4n) is 2.36. The van der Waals surface area contributed by atoms with E-state index in [1.54, 1.807) is 0 Å². The Morgan fingerprint density at radius 3 is 2.95 bits per heavy atom. The Morgan fingerprint density at radius 1 is 1.45 bits per heavy atom. The summed E-state index contributed by atoms with van der Waals surface area (Å²) in [7, 11) is -3.23. The van der Waals surface area contributed by atoms with Gasteiger partial charge in [-0.3, -0.25) is 0 Å². The molecule has 1 aliphatic rings. The van der Waals surface area contributed by atoms with Gasteiger partial charge in [-0.15, -0.1) is 0 Å². The molecule has 0 aliphatic carbocycles. The molecule has 1 atom stereocenters. The topological polar surface area (TPSA) is 85.5 Å². The number of sulfonamides is 1. The van der Waals surface area contributed by atoms with Crippen molar-refractivity contribution in [1.82, 2.24) is 14.4 Å². The van der Waals surface area contributed by atoms with Gasteiger partial charge in [-0.2, -0.15) is 9.29 Å². The number of nitrogens with zero attached hydrogens (tertiary/aromatic N) is 3. The molecule has 2 rings (SSSR count). The second-order valence-electron chi connectivity index (χ2n) is 4.77. The van der Waals surface area contributed by atoms with Crippen molar-refractivity contribution in [3.63, 3.8) is 0 Å². The molecule has 114 valence electrons.